The Morgan fingerprint density at radius 3 is 0.985 bits per heavy atom. The predicted molar refractivity (Wildman–Crippen MR) is 529 cm³/mol. The highest BCUT2D eigenvalue weighted by Gasteiger charge is 2.39. The molecule has 4 saturated carbocycles. The van der Waals surface area contributed by atoms with Gasteiger partial charge in [-0.2, -0.15) is 4.99 Å². The number of nitrogens with zero attached hydrogens (tertiary/aromatic N) is 12. The van der Waals surface area contributed by atoms with Gasteiger partial charge in [-0.15, -0.1) is 11.6 Å². The second-order valence-electron chi connectivity index (χ2n) is 38.2. The van der Waals surface area contributed by atoms with Crippen molar-refractivity contribution in [3.8, 4) is 0 Å². The summed E-state index contributed by atoms with van der Waals surface area (Å²) < 4.78 is 0. The molecule has 6 aromatic carbocycles. The smallest absolute Gasteiger partial charge is 0.272 e. The number of hydrogen-bond acceptors (Lipinski definition) is 20. The lowest BCUT2D eigenvalue weighted by molar-refractivity contribution is -0.385. The Labute approximate surface area is 788 Å². The quantitative estimate of drug-likeness (QED) is 0.0151. The summed E-state index contributed by atoms with van der Waals surface area (Å²) in [5, 5.41) is 43.8. The van der Waals surface area contributed by atoms with Crippen LogP contribution >= 0.6 is 36.0 Å². The summed E-state index contributed by atoms with van der Waals surface area (Å²) in [5.74, 6) is 2.90. The van der Waals surface area contributed by atoms with E-state index in [1.807, 2.05) is 39.0 Å². The number of aryl methyl sites for hydroxylation is 6. The molecule has 8 aliphatic rings. The third-order valence-electron chi connectivity index (χ3n) is 28.1. The number of nitrogens with two attached hydrogens (primary N) is 2. The van der Waals surface area contributed by atoms with Gasteiger partial charge in [0, 0.05) is 217 Å². The summed E-state index contributed by atoms with van der Waals surface area (Å²) in [6.45, 7) is 46.5. The number of thiocarbonyl (C=S) groups is 2. The zero-order chi connectivity index (χ0) is 95.1. The van der Waals surface area contributed by atoms with Crippen LogP contribution in [0.25, 0.3) is 0 Å². The molecule has 0 radical (unpaired) electrons. The first-order chi connectivity index (χ1) is 61.8. The Morgan fingerprint density at radius 2 is 0.677 bits per heavy atom. The van der Waals surface area contributed by atoms with Crippen molar-refractivity contribution in [1.29, 1.82) is 0 Å². The first-order valence-corrected chi connectivity index (χ1v) is 48.5. The van der Waals surface area contributed by atoms with Crippen LogP contribution in [0, 0.1) is 137 Å². The van der Waals surface area contributed by atoms with E-state index >= 15 is 0 Å². The van der Waals surface area contributed by atoms with Crippen molar-refractivity contribution in [2.75, 3.05) is 90.8 Å². The molecule has 0 spiro atoms. The van der Waals surface area contributed by atoms with Crippen molar-refractivity contribution in [2.45, 2.75) is 283 Å². The number of nitro groups is 3. The minimum Gasteiger partial charge on any atom is -0.398 e. The largest absolute Gasteiger partial charge is 0.398 e. The van der Waals surface area contributed by atoms with Crippen molar-refractivity contribution < 1.29 is 39.1 Å². The molecular weight excluding hydrogens is 1700 g/mol. The predicted octanol–water partition coefficient (Wildman–Crippen LogP) is 18.9. The maximum Gasteiger partial charge on any atom is 0.272 e. The van der Waals surface area contributed by atoms with Crippen LogP contribution in [-0.4, -0.2) is 202 Å². The van der Waals surface area contributed by atoms with Gasteiger partial charge in [-0.1, -0.05) is 112 Å². The first-order valence-electron chi connectivity index (χ1n) is 47.2. The lowest BCUT2D eigenvalue weighted by Gasteiger charge is -2.41. The van der Waals surface area contributed by atoms with Gasteiger partial charge in [0.05, 0.1) is 32.2 Å². The first kappa shape index (κ1) is 105. The summed E-state index contributed by atoms with van der Waals surface area (Å²) >= 11 is 15.8. The van der Waals surface area contributed by atoms with Gasteiger partial charge in [-0.3, -0.25) is 69.1 Å². The summed E-state index contributed by atoms with van der Waals surface area (Å²) in [4.78, 5) is 106. The van der Waals surface area contributed by atoms with E-state index in [2.05, 4.69) is 149 Å². The third-order valence-corrected chi connectivity index (χ3v) is 28.7. The highest BCUT2D eigenvalue weighted by atomic mass is 35.5. The normalized spacial score (nSPS) is 19.6. The van der Waals surface area contributed by atoms with E-state index in [1.165, 1.54) is 113 Å². The number of alkyl halides is 1. The molecular formula is C102H145ClN14O11S2. The topological polar surface area (TPSA) is 308 Å². The minimum atomic E-state index is -0.429. The molecule has 4 saturated heterocycles. The summed E-state index contributed by atoms with van der Waals surface area (Å²) in [5.41, 5.74) is 33.7. The van der Waals surface area contributed by atoms with E-state index in [4.69, 9.17) is 52.6 Å². The molecule has 0 aromatic heterocycles. The summed E-state index contributed by atoms with van der Waals surface area (Å²) in [6, 6.07) is 24.5. The molecule has 14 rings (SSSR count). The van der Waals surface area contributed by atoms with Gasteiger partial charge in [-0.25, -0.2) is 0 Å². The number of aliphatic hydroxyl groups is 1. The number of benzene rings is 6. The van der Waals surface area contributed by atoms with Gasteiger partial charge in [0.15, 0.2) is 0 Å². The van der Waals surface area contributed by atoms with Gasteiger partial charge in [0.25, 0.3) is 17.1 Å². The van der Waals surface area contributed by atoms with Crippen molar-refractivity contribution in [3.05, 3.63) is 209 Å². The molecule has 708 valence electrons. The van der Waals surface area contributed by atoms with Crippen LogP contribution in [0.2, 0.25) is 0 Å². The third kappa shape index (κ3) is 28.8. The van der Waals surface area contributed by atoms with Crippen molar-refractivity contribution in [3.63, 3.8) is 0 Å². The number of hydrogen-bond donors (Lipinski definition) is 3. The average Bonchev–Trinajstić information content (AvgIpc) is 1.10. The number of piperazine rings is 4. The van der Waals surface area contributed by atoms with Crippen LogP contribution in [0.15, 0.2) is 77.8 Å². The molecule has 4 heterocycles. The van der Waals surface area contributed by atoms with Crippen molar-refractivity contribution in [1.82, 2.24) is 39.2 Å². The zero-order valence-corrected chi connectivity index (χ0v) is 82.6. The SMILES string of the molecule is Cc1cc(CC(=S)CN)c(C)c(CN2CCN(C(=O)C3CCCC3)[C@@H](C)C2)c1.Cc1cc(CCl)c(C)c([N+](=O)[O-])c1.Cc1cc(CN2CCN(C(=O)C3CCCC3)[C@@H](C)C2)c(C)c(N=C=S)c1.Cc1cc(CN2CCN(C(=O)C3CCCC3)[C@@H](C)C2)c(C)c([N+](=O)[O-])c1.Cc1cc(CO)c(C)c([N+](=O)[O-])c1.Cc1cc(N)c(C)c(CN2CCN(C(=O)C3CCCC3)[C@@H](C)C2)c1. The highest BCUT2D eigenvalue weighted by Crippen LogP contribution is 2.36. The molecule has 4 aliphatic carbocycles. The van der Waals surface area contributed by atoms with Gasteiger partial charge in [-0.05, 0) is 270 Å². The highest BCUT2D eigenvalue weighted by molar-refractivity contribution is 7.80. The lowest BCUT2D eigenvalue weighted by atomic mass is 9.95. The number of isothiocyanates is 1. The van der Waals surface area contributed by atoms with Crippen LogP contribution in [-0.2, 0) is 64.3 Å². The number of rotatable bonds is 21. The van der Waals surface area contributed by atoms with Crippen LogP contribution in [0.4, 0.5) is 28.4 Å². The maximum atomic E-state index is 12.8. The number of aliphatic imine (C=N–C) groups is 1. The number of halogens is 1. The Balaban J connectivity index is 0.000000179. The minimum absolute atomic E-state index is 0.0732. The summed E-state index contributed by atoms with van der Waals surface area (Å²) in [7, 11) is 0. The molecule has 4 amide bonds. The number of anilines is 1. The molecule has 4 aliphatic heterocycles. The fraction of sp³-hybridized carbons (Fsp3) is 0.588. The van der Waals surface area contributed by atoms with Gasteiger partial charge >= 0.3 is 0 Å². The van der Waals surface area contributed by atoms with Crippen LogP contribution < -0.4 is 11.5 Å². The Bertz CT molecular complexity index is 4840. The number of amides is 4. The Kier molecular flexibility index (Phi) is 40.1. The van der Waals surface area contributed by atoms with E-state index in [9.17, 15) is 49.5 Å². The van der Waals surface area contributed by atoms with Crippen LogP contribution in [0.3, 0.4) is 0 Å². The number of carbonyl (C=O) groups is 4. The molecule has 6 aromatic rings. The Hall–Kier alpha value is -8.86. The zero-order valence-electron chi connectivity index (χ0n) is 80.2. The second kappa shape index (κ2) is 49.8. The molecule has 28 heteroatoms. The van der Waals surface area contributed by atoms with Gasteiger partial charge in [0.1, 0.15) is 0 Å². The Morgan fingerprint density at radius 1 is 0.408 bits per heavy atom. The van der Waals surface area contributed by atoms with Gasteiger partial charge in [0.2, 0.25) is 23.6 Å². The molecule has 130 heavy (non-hydrogen) atoms. The van der Waals surface area contributed by atoms with E-state index < -0.39 is 4.92 Å². The lowest BCUT2D eigenvalue weighted by Crippen LogP contribution is -2.54. The van der Waals surface area contributed by atoms with E-state index in [1.54, 1.807) is 39.0 Å². The number of nitro benzene ring substituents is 3. The van der Waals surface area contributed by atoms with Crippen molar-refractivity contribution >= 4 is 98.1 Å². The van der Waals surface area contributed by atoms with E-state index in [-0.39, 0.29) is 75.3 Å². The standard InChI is InChI=1S/C23H35N3OS.C21H29N3OS.C20H29N3O3.C20H31N3O.C9H10ClNO2.C9H11NO3/c1-16-10-20(12-22(28)13-24)18(3)21(11-16)15-25-8-9-26(17(2)14-25)23(27)19-6-4-5-7-19;1-15-10-19(17(3)20(11-15)22-14-26)13-23-8-9-24(16(2)12-23)21(25)18-6-4-5-7-18;1-14-10-18(16(3)19(11-14)23(25)26)13-21-8-9-22(15(2)12-21)20(24)17-6-4-5-7-17;1-14-10-18(16(3)19(21)11-14)13-22-8-9-23(15(2)12-22)20(24)17-6-4-5-7-17;1-6-3-8(5-10)7(2)9(4-6)11(12)13;1-6-3-8(5-11)7(2)9(4-6)10(12)13/h10-11,17,19H,4-9,12-15,24H2,1-3H3;10-11,16,18H,4-9,12-13H2,1-3H3;10-11,15,17H,4-9,12-13H2,1-3H3;10-11,15,17H,4-9,12-13,21H2,1-3H3;3-4H,5H2,1-2H3;3-4,11H,5H2,1-2H3/t17-;16-;2*15-;;/m0000../s1. The van der Waals surface area contributed by atoms with E-state index in [0.717, 1.165) is 206 Å². The van der Waals surface area contributed by atoms with E-state index in [0.29, 0.717) is 65.3 Å². The fourth-order valence-electron chi connectivity index (χ4n) is 20.4. The van der Waals surface area contributed by atoms with Gasteiger partial charge < -0.3 is 36.2 Å². The molecule has 8 fully saturated rings. The van der Waals surface area contributed by atoms with Crippen LogP contribution in [0.5, 0.6) is 0 Å². The second-order valence-corrected chi connectivity index (χ2v) is 39.2. The number of aliphatic hydroxyl groups excluding tert-OH is 1. The summed E-state index contributed by atoms with van der Waals surface area (Å²) in [6.07, 6.45) is 19.0. The number of nitrogen functional groups attached to an aromatic ring is 1. The number of carbonyl (C=O) groups excluding carboxylic acids is 4. The fourth-order valence-corrected chi connectivity index (χ4v) is 20.9. The monoisotopic (exact) mass is 1840 g/mol. The maximum absolute atomic E-state index is 12.8. The molecule has 0 bridgehead atoms. The molecule has 5 N–H and O–H groups in total. The molecule has 25 nitrogen and oxygen atoms in total. The van der Waals surface area contributed by atoms with Crippen molar-refractivity contribution in [2.24, 2.45) is 34.4 Å². The average molecular weight is 1840 g/mol. The van der Waals surface area contributed by atoms with Crippen LogP contribution in [0.1, 0.15) is 236 Å². The molecule has 0 unspecified atom stereocenters. The molecule has 4 atom stereocenters.